The molecule has 1 aromatic rings. The van der Waals surface area contributed by atoms with Crippen molar-refractivity contribution in [3.8, 4) is 12.1 Å². The first-order valence-corrected chi connectivity index (χ1v) is 4.67. The summed E-state index contributed by atoms with van der Waals surface area (Å²) in [6.07, 6.45) is 3.41. The maximum atomic E-state index is 9.02. The highest BCUT2D eigenvalue weighted by atomic mass is 15.3. The molecule has 1 aliphatic carbocycles. The summed E-state index contributed by atoms with van der Waals surface area (Å²) in [5.74, 6) is 0.350. The van der Waals surface area contributed by atoms with Crippen LogP contribution in [-0.2, 0) is 6.54 Å². The van der Waals surface area contributed by atoms with Gasteiger partial charge in [0.2, 0.25) is 0 Å². The summed E-state index contributed by atoms with van der Waals surface area (Å²) in [7, 11) is 0. The number of nitriles is 2. The first-order chi connectivity index (χ1) is 7.18. The molecule has 0 bridgehead atoms. The van der Waals surface area contributed by atoms with Gasteiger partial charge in [0, 0.05) is 0 Å². The average molecular weight is 202 g/mol. The fourth-order valence-corrected chi connectivity index (χ4v) is 1.54. The van der Waals surface area contributed by atoms with Crippen LogP contribution in [0.15, 0.2) is 6.33 Å². The topological polar surface area (TPSA) is 104 Å². The number of nitrogens with zero attached hydrogens (tertiary/aromatic N) is 5. The van der Waals surface area contributed by atoms with Crippen LogP contribution in [0.3, 0.4) is 0 Å². The Bertz CT molecular complexity index is 446. The molecule has 15 heavy (non-hydrogen) atoms. The minimum Gasteiger partial charge on any atom is -0.312 e. The van der Waals surface area contributed by atoms with Gasteiger partial charge in [-0.25, -0.2) is 9.67 Å². The third-order valence-corrected chi connectivity index (χ3v) is 2.57. The van der Waals surface area contributed by atoms with Crippen LogP contribution in [0.1, 0.15) is 18.7 Å². The van der Waals surface area contributed by atoms with E-state index < -0.39 is 5.54 Å². The maximum absolute atomic E-state index is 9.02. The highest BCUT2D eigenvalue weighted by Crippen LogP contribution is 2.38. The van der Waals surface area contributed by atoms with Crippen LogP contribution >= 0.6 is 0 Å². The third kappa shape index (κ3) is 1.80. The first-order valence-electron chi connectivity index (χ1n) is 4.67. The highest BCUT2D eigenvalue weighted by molar-refractivity contribution is 5.13. The molecule has 0 amide bonds. The van der Waals surface area contributed by atoms with Crippen molar-refractivity contribution in [2.45, 2.75) is 24.9 Å². The molecular formula is C9H10N6. The zero-order chi connectivity index (χ0) is 10.9. The van der Waals surface area contributed by atoms with E-state index >= 15 is 0 Å². The fourth-order valence-electron chi connectivity index (χ4n) is 1.54. The molecule has 1 heterocycles. The van der Waals surface area contributed by atoms with Crippen molar-refractivity contribution >= 4 is 0 Å². The second kappa shape index (κ2) is 3.34. The molecule has 76 valence electrons. The quantitative estimate of drug-likeness (QED) is 0.729. The molecule has 1 unspecified atom stereocenters. The zero-order valence-electron chi connectivity index (χ0n) is 8.09. The van der Waals surface area contributed by atoms with Gasteiger partial charge < -0.3 is 5.73 Å². The van der Waals surface area contributed by atoms with E-state index in [1.807, 2.05) is 6.07 Å². The van der Waals surface area contributed by atoms with Gasteiger partial charge in [-0.2, -0.15) is 10.5 Å². The van der Waals surface area contributed by atoms with Crippen molar-refractivity contribution < 1.29 is 0 Å². The van der Waals surface area contributed by atoms with Crippen molar-refractivity contribution in [1.82, 2.24) is 14.8 Å². The molecule has 1 aliphatic rings. The molecule has 0 saturated heterocycles. The van der Waals surface area contributed by atoms with Crippen molar-refractivity contribution in [2.24, 2.45) is 11.7 Å². The highest BCUT2D eigenvalue weighted by Gasteiger charge is 2.43. The van der Waals surface area contributed by atoms with Gasteiger partial charge >= 0.3 is 0 Å². The SMILES string of the molecule is N#Cc1ncn(CC(N)(C#N)C2CC2)n1. The van der Waals surface area contributed by atoms with Crippen LogP contribution in [0.2, 0.25) is 0 Å². The molecule has 1 fully saturated rings. The molecule has 6 nitrogen and oxygen atoms in total. The molecule has 1 saturated carbocycles. The Morgan fingerprint density at radius 2 is 2.33 bits per heavy atom. The molecule has 6 heteroatoms. The summed E-state index contributed by atoms with van der Waals surface area (Å²) >= 11 is 0. The van der Waals surface area contributed by atoms with Crippen LogP contribution in [0.4, 0.5) is 0 Å². The van der Waals surface area contributed by atoms with Gasteiger partial charge in [0.05, 0.1) is 12.6 Å². The van der Waals surface area contributed by atoms with Gasteiger partial charge in [-0.05, 0) is 18.8 Å². The van der Waals surface area contributed by atoms with Crippen LogP contribution < -0.4 is 5.73 Å². The smallest absolute Gasteiger partial charge is 0.252 e. The lowest BCUT2D eigenvalue weighted by molar-refractivity contribution is 0.383. The minimum atomic E-state index is -0.875. The van der Waals surface area contributed by atoms with Gasteiger partial charge in [-0.15, -0.1) is 5.10 Å². The molecule has 0 aliphatic heterocycles. The number of rotatable bonds is 3. The van der Waals surface area contributed by atoms with E-state index in [1.165, 1.54) is 11.0 Å². The monoisotopic (exact) mass is 202 g/mol. The van der Waals surface area contributed by atoms with E-state index in [9.17, 15) is 0 Å². The lowest BCUT2D eigenvalue weighted by Gasteiger charge is -2.20. The second-order valence-corrected chi connectivity index (χ2v) is 3.80. The minimum absolute atomic E-state index is 0.103. The van der Waals surface area contributed by atoms with Gasteiger partial charge in [0.1, 0.15) is 17.9 Å². The average Bonchev–Trinajstić information content (AvgIpc) is 3.01. The fraction of sp³-hybridized carbons (Fsp3) is 0.556. The van der Waals surface area contributed by atoms with E-state index in [0.717, 1.165) is 12.8 Å². The molecule has 2 rings (SSSR count). The molecule has 0 radical (unpaired) electrons. The lowest BCUT2D eigenvalue weighted by atomic mass is 9.97. The summed E-state index contributed by atoms with van der Waals surface area (Å²) in [4.78, 5) is 3.76. The first kappa shape index (κ1) is 9.63. The molecule has 2 N–H and O–H groups in total. The number of hydrogen-bond acceptors (Lipinski definition) is 5. The van der Waals surface area contributed by atoms with Crippen molar-refractivity contribution in [1.29, 1.82) is 10.5 Å². The summed E-state index contributed by atoms with van der Waals surface area (Å²) in [6, 6.07) is 3.95. The van der Waals surface area contributed by atoms with E-state index in [4.69, 9.17) is 16.3 Å². The van der Waals surface area contributed by atoms with Crippen molar-refractivity contribution in [3.63, 3.8) is 0 Å². The molecular weight excluding hydrogens is 192 g/mol. The van der Waals surface area contributed by atoms with Crippen molar-refractivity contribution in [3.05, 3.63) is 12.2 Å². The summed E-state index contributed by atoms with van der Waals surface area (Å²) < 4.78 is 1.46. The molecule has 0 spiro atoms. The van der Waals surface area contributed by atoms with Gasteiger partial charge in [0.25, 0.3) is 5.82 Å². The summed E-state index contributed by atoms with van der Waals surface area (Å²) in [5.41, 5.74) is 5.08. The number of nitrogens with two attached hydrogens (primary N) is 1. The normalized spacial score (nSPS) is 18.9. The Morgan fingerprint density at radius 3 is 2.80 bits per heavy atom. The summed E-state index contributed by atoms with van der Waals surface area (Å²) in [6.45, 7) is 0.294. The molecule has 0 aromatic carbocycles. The third-order valence-electron chi connectivity index (χ3n) is 2.57. The van der Waals surface area contributed by atoms with Crippen LogP contribution in [0, 0.1) is 28.6 Å². The molecule has 1 atom stereocenters. The zero-order valence-corrected chi connectivity index (χ0v) is 8.09. The number of aromatic nitrogens is 3. The van der Waals surface area contributed by atoms with Crippen LogP contribution in [-0.4, -0.2) is 20.3 Å². The van der Waals surface area contributed by atoms with E-state index in [0.29, 0.717) is 6.54 Å². The number of hydrogen-bond donors (Lipinski definition) is 1. The Labute approximate surface area is 86.9 Å². The second-order valence-electron chi connectivity index (χ2n) is 3.80. The van der Waals surface area contributed by atoms with Crippen LogP contribution in [0.25, 0.3) is 0 Å². The van der Waals surface area contributed by atoms with E-state index in [-0.39, 0.29) is 11.7 Å². The van der Waals surface area contributed by atoms with E-state index in [2.05, 4.69) is 16.2 Å². The van der Waals surface area contributed by atoms with Gasteiger partial charge in [0.15, 0.2) is 0 Å². The predicted octanol–water partition coefficient (Wildman–Crippen LogP) is -0.219. The van der Waals surface area contributed by atoms with Crippen LogP contribution in [0.5, 0.6) is 0 Å². The Kier molecular flexibility index (Phi) is 2.14. The standard InChI is InChI=1S/C9H10N6/c10-3-8-13-6-15(14-8)5-9(12,4-11)7-1-2-7/h6-7H,1-2,5,12H2. The van der Waals surface area contributed by atoms with Gasteiger partial charge in [-0.3, -0.25) is 0 Å². The Balaban J connectivity index is 2.14. The Morgan fingerprint density at radius 1 is 1.60 bits per heavy atom. The van der Waals surface area contributed by atoms with E-state index in [1.54, 1.807) is 0 Å². The molecule has 1 aromatic heterocycles. The lowest BCUT2D eigenvalue weighted by Crippen LogP contribution is -2.45. The summed E-state index contributed by atoms with van der Waals surface area (Å²) in [5, 5.41) is 21.4. The maximum Gasteiger partial charge on any atom is 0.252 e. The largest absolute Gasteiger partial charge is 0.312 e. The van der Waals surface area contributed by atoms with Crippen molar-refractivity contribution in [2.75, 3.05) is 0 Å². The Hall–Kier alpha value is -1.92. The predicted molar refractivity (Wildman–Crippen MR) is 50.0 cm³/mol. The van der Waals surface area contributed by atoms with Gasteiger partial charge in [-0.1, -0.05) is 0 Å².